The molecule has 1 aliphatic rings. The molecule has 0 atom stereocenters. The summed E-state index contributed by atoms with van der Waals surface area (Å²) in [7, 11) is 2.21. The second-order valence-electron chi connectivity index (χ2n) is 4.13. The molecule has 76 valence electrons. The first kappa shape index (κ1) is 10.7. The summed E-state index contributed by atoms with van der Waals surface area (Å²) in [5, 5.41) is 0. The van der Waals surface area contributed by atoms with Gasteiger partial charge in [0.15, 0.2) is 0 Å². The minimum absolute atomic E-state index is 0.462. The minimum Gasteiger partial charge on any atom is -0.328 e. The summed E-state index contributed by atoms with van der Waals surface area (Å²) in [6, 6.07) is 1.23. The van der Waals surface area contributed by atoms with Crippen molar-refractivity contribution < 1.29 is 0 Å². The maximum Gasteiger partial charge on any atom is 0.00934 e. The maximum atomic E-state index is 5.86. The van der Waals surface area contributed by atoms with Crippen LogP contribution in [0.3, 0.4) is 0 Å². The zero-order chi connectivity index (χ0) is 9.68. The fourth-order valence-electron chi connectivity index (χ4n) is 2.02. The predicted molar refractivity (Wildman–Crippen MR) is 57.7 cm³/mol. The third-order valence-electron chi connectivity index (χ3n) is 3.05. The molecule has 1 fully saturated rings. The van der Waals surface area contributed by atoms with Gasteiger partial charge in [-0.1, -0.05) is 6.08 Å². The molecule has 1 rings (SSSR count). The fourth-order valence-corrected chi connectivity index (χ4v) is 2.02. The van der Waals surface area contributed by atoms with Crippen LogP contribution >= 0.6 is 0 Å². The zero-order valence-electron chi connectivity index (χ0n) is 8.71. The van der Waals surface area contributed by atoms with Crippen LogP contribution in [0.4, 0.5) is 0 Å². The third-order valence-corrected chi connectivity index (χ3v) is 3.05. The highest BCUT2D eigenvalue weighted by Crippen LogP contribution is 2.21. The summed E-state index contributed by atoms with van der Waals surface area (Å²) < 4.78 is 0. The normalized spacial score (nSPS) is 29.2. The molecule has 0 aromatic rings. The van der Waals surface area contributed by atoms with E-state index in [0.29, 0.717) is 6.04 Å². The molecule has 0 amide bonds. The lowest BCUT2D eigenvalue weighted by molar-refractivity contribution is 0.186. The van der Waals surface area contributed by atoms with Crippen molar-refractivity contribution in [3.05, 3.63) is 12.7 Å². The van der Waals surface area contributed by atoms with E-state index in [1.54, 1.807) is 0 Å². The van der Waals surface area contributed by atoms with Crippen LogP contribution in [0, 0.1) is 0 Å². The summed E-state index contributed by atoms with van der Waals surface area (Å²) in [6.45, 7) is 4.89. The third kappa shape index (κ3) is 3.49. The maximum absolute atomic E-state index is 5.86. The Morgan fingerprint density at radius 1 is 1.38 bits per heavy atom. The van der Waals surface area contributed by atoms with Crippen molar-refractivity contribution in [2.24, 2.45) is 5.73 Å². The van der Waals surface area contributed by atoms with Gasteiger partial charge in [0.1, 0.15) is 0 Å². The van der Waals surface area contributed by atoms with E-state index in [9.17, 15) is 0 Å². The largest absolute Gasteiger partial charge is 0.328 e. The van der Waals surface area contributed by atoms with Gasteiger partial charge in [-0.25, -0.2) is 0 Å². The van der Waals surface area contributed by atoms with Crippen LogP contribution in [0.1, 0.15) is 32.1 Å². The Bertz CT molecular complexity index is 148. The molecular formula is C11H22N2. The van der Waals surface area contributed by atoms with E-state index in [1.165, 1.54) is 25.7 Å². The van der Waals surface area contributed by atoms with Crippen molar-refractivity contribution in [1.29, 1.82) is 0 Å². The molecule has 0 heterocycles. The van der Waals surface area contributed by atoms with E-state index in [2.05, 4.69) is 18.5 Å². The molecule has 13 heavy (non-hydrogen) atoms. The SMILES string of the molecule is C=CCCN(C)C1CCC(N)CC1. The van der Waals surface area contributed by atoms with Crippen LogP contribution in [-0.4, -0.2) is 30.6 Å². The Hall–Kier alpha value is -0.340. The molecule has 2 nitrogen and oxygen atoms in total. The van der Waals surface area contributed by atoms with Crippen molar-refractivity contribution in [2.75, 3.05) is 13.6 Å². The molecule has 0 spiro atoms. The molecule has 0 aliphatic heterocycles. The number of hydrogen-bond acceptors (Lipinski definition) is 2. The summed E-state index contributed by atoms with van der Waals surface area (Å²) in [5.74, 6) is 0. The Morgan fingerprint density at radius 2 is 2.00 bits per heavy atom. The second-order valence-corrected chi connectivity index (χ2v) is 4.13. The first-order valence-corrected chi connectivity index (χ1v) is 5.30. The van der Waals surface area contributed by atoms with Gasteiger partial charge in [0.05, 0.1) is 0 Å². The van der Waals surface area contributed by atoms with E-state index in [1.807, 2.05) is 6.08 Å². The lowest BCUT2D eigenvalue weighted by Crippen LogP contribution is -2.38. The fraction of sp³-hybridized carbons (Fsp3) is 0.818. The first-order valence-electron chi connectivity index (χ1n) is 5.30. The van der Waals surface area contributed by atoms with Gasteiger partial charge in [-0.15, -0.1) is 6.58 Å². The quantitative estimate of drug-likeness (QED) is 0.671. The van der Waals surface area contributed by atoms with E-state index in [-0.39, 0.29) is 0 Å². The van der Waals surface area contributed by atoms with Crippen molar-refractivity contribution in [1.82, 2.24) is 4.90 Å². The molecule has 0 unspecified atom stereocenters. The summed E-state index contributed by atoms with van der Waals surface area (Å²) >= 11 is 0. The van der Waals surface area contributed by atoms with Gasteiger partial charge in [0.2, 0.25) is 0 Å². The van der Waals surface area contributed by atoms with E-state index >= 15 is 0 Å². The Balaban J connectivity index is 2.22. The molecular weight excluding hydrogens is 160 g/mol. The lowest BCUT2D eigenvalue weighted by Gasteiger charge is -2.33. The highest BCUT2D eigenvalue weighted by atomic mass is 15.1. The molecule has 0 aromatic carbocycles. The monoisotopic (exact) mass is 182 g/mol. The van der Waals surface area contributed by atoms with Gasteiger partial charge >= 0.3 is 0 Å². The Morgan fingerprint density at radius 3 is 2.54 bits per heavy atom. The number of nitrogens with zero attached hydrogens (tertiary/aromatic N) is 1. The predicted octanol–water partition coefficient (Wildman–Crippen LogP) is 1.76. The lowest BCUT2D eigenvalue weighted by atomic mass is 9.91. The van der Waals surface area contributed by atoms with Gasteiger partial charge in [-0.3, -0.25) is 0 Å². The van der Waals surface area contributed by atoms with Crippen LogP contribution in [0.25, 0.3) is 0 Å². The number of hydrogen-bond donors (Lipinski definition) is 1. The first-order chi connectivity index (χ1) is 6.24. The zero-order valence-corrected chi connectivity index (χ0v) is 8.71. The standard InChI is InChI=1S/C11H22N2/c1-3-4-9-13(2)11-7-5-10(12)6-8-11/h3,10-11H,1,4-9,12H2,2H3. The number of rotatable bonds is 4. The summed E-state index contributed by atoms with van der Waals surface area (Å²) in [5.41, 5.74) is 5.86. The second kappa shape index (κ2) is 5.40. The van der Waals surface area contributed by atoms with Gasteiger partial charge in [-0.2, -0.15) is 0 Å². The van der Waals surface area contributed by atoms with E-state index < -0.39 is 0 Å². The van der Waals surface area contributed by atoms with Crippen LogP contribution in [0.5, 0.6) is 0 Å². The van der Waals surface area contributed by atoms with Gasteiger partial charge in [0.25, 0.3) is 0 Å². The molecule has 1 saturated carbocycles. The Kier molecular flexibility index (Phi) is 4.46. The van der Waals surface area contributed by atoms with Crippen molar-refractivity contribution in [2.45, 2.75) is 44.2 Å². The van der Waals surface area contributed by atoms with Crippen molar-refractivity contribution in [3.63, 3.8) is 0 Å². The highest BCUT2D eigenvalue weighted by molar-refractivity contribution is 4.80. The molecule has 2 heteroatoms. The average molecular weight is 182 g/mol. The molecule has 0 saturated heterocycles. The molecule has 2 N–H and O–H groups in total. The van der Waals surface area contributed by atoms with E-state index in [0.717, 1.165) is 19.0 Å². The van der Waals surface area contributed by atoms with Crippen LogP contribution < -0.4 is 5.73 Å². The average Bonchev–Trinajstić information content (AvgIpc) is 2.15. The van der Waals surface area contributed by atoms with Crippen LogP contribution in [-0.2, 0) is 0 Å². The van der Waals surface area contributed by atoms with Crippen LogP contribution in [0.2, 0.25) is 0 Å². The van der Waals surface area contributed by atoms with E-state index in [4.69, 9.17) is 5.73 Å². The van der Waals surface area contributed by atoms with Crippen molar-refractivity contribution >= 4 is 0 Å². The molecule has 0 radical (unpaired) electrons. The van der Waals surface area contributed by atoms with Gasteiger partial charge < -0.3 is 10.6 Å². The smallest absolute Gasteiger partial charge is 0.00934 e. The molecule has 0 aromatic heterocycles. The summed E-state index contributed by atoms with van der Waals surface area (Å²) in [4.78, 5) is 2.45. The van der Waals surface area contributed by atoms with Gasteiger partial charge in [-0.05, 0) is 39.2 Å². The van der Waals surface area contributed by atoms with Crippen molar-refractivity contribution in [3.8, 4) is 0 Å². The van der Waals surface area contributed by atoms with Crippen LogP contribution in [0.15, 0.2) is 12.7 Å². The molecule has 1 aliphatic carbocycles. The molecule has 0 bridgehead atoms. The highest BCUT2D eigenvalue weighted by Gasteiger charge is 2.20. The van der Waals surface area contributed by atoms with Gasteiger partial charge in [0, 0.05) is 18.6 Å². The summed E-state index contributed by atoms with van der Waals surface area (Å²) in [6.07, 6.45) is 8.03. The Labute approximate surface area is 81.8 Å². The topological polar surface area (TPSA) is 29.3 Å². The minimum atomic E-state index is 0.462. The number of nitrogens with two attached hydrogens (primary N) is 1.